The van der Waals surface area contributed by atoms with Gasteiger partial charge in [-0.1, -0.05) is 36.9 Å². The van der Waals surface area contributed by atoms with Gasteiger partial charge in [-0.15, -0.1) is 0 Å². The molecule has 0 unspecified atom stereocenters. The zero-order valence-corrected chi connectivity index (χ0v) is 7.48. The maximum Gasteiger partial charge on any atom is 0.225 e. The predicted molar refractivity (Wildman–Crippen MR) is 51.5 cm³/mol. The zero-order valence-electron chi connectivity index (χ0n) is 6.73. The van der Waals surface area contributed by atoms with Gasteiger partial charge in [0.1, 0.15) is 0 Å². The van der Waals surface area contributed by atoms with Crippen LogP contribution in [-0.2, 0) is 0 Å². The lowest BCUT2D eigenvalue weighted by molar-refractivity contribution is 0.651. The highest BCUT2D eigenvalue weighted by atomic mass is 35.5. The molecule has 0 heterocycles. The van der Waals surface area contributed by atoms with Crippen LogP contribution in [0.25, 0.3) is 11.9 Å². The Hall–Kier alpha value is -1.15. The third-order valence-corrected chi connectivity index (χ3v) is 1.73. The Balaban J connectivity index is 3.06. The van der Waals surface area contributed by atoms with E-state index >= 15 is 0 Å². The molecule has 1 aromatic carbocycles. The highest BCUT2D eigenvalue weighted by molar-refractivity contribution is 6.30. The van der Waals surface area contributed by atoms with Crippen molar-refractivity contribution in [2.75, 3.05) is 0 Å². The molecule has 68 valence electrons. The lowest BCUT2D eigenvalue weighted by Crippen LogP contribution is -1.79. The average molecular weight is 201 g/mol. The zero-order chi connectivity index (χ0) is 9.84. The summed E-state index contributed by atoms with van der Waals surface area (Å²) in [6.07, 6.45) is 1.61. The van der Waals surface area contributed by atoms with Gasteiger partial charge in [0, 0.05) is 5.56 Å². The Morgan fingerprint density at radius 2 is 1.77 bits per heavy atom. The number of hydrogen-bond donors (Lipinski definition) is 0. The lowest BCUT2D eigenvalue weighted by Gasteiger charge is -1.97. The first-order valence-electron chi connectivity index (χ1n) is 3.59. The molecule has 0 atom stereocenters. The van der Waals surface area contributed by atoms with Crippen molar-refractivity contribution in [3.05, 3.63) is 47.3 Å². The van der Waals surface area contributed by atoms with Crippen molar-refractivity contribution in [2.24, 2.45) is 0 Å². The van der Waals surface area contributed by atoms with Crippen LogP contribution in [0.15, 0.2) is 36.1 Å². The van der Waals surface area contributed by atoms with Crippen LogP contribution in [0.2, 0.25) is 0 Å². The lowest BCUT2D eigenvalue weighted by atomic mass is 10.1. The molecule has 0 saturated carbocycles. The van der Waals surface area contributed by atoms with Crippen molar-refractivity contribution >= 4 is 23.5 Å². The van der Waals surface area contributed by atoms with Gasteiger partial charge in [0.2, 0.25) is 5.29 Å². The molecule has 0 nitrogen and oxygen atoms in total. The largest absolute Gasteiger partial charge is 0.225 e. The molecular formula is C10H7ClF2. The van der Waals surface area contributed by atoms with Gasteiger partial charge in [-0.3, -0.25) is 0 Å². The SMILES string of the molecule is C=Cc1ccc(C(F)=C(F)Cl)cc1. The first kappa shape index (κ1) is 9.93. The fourth-order valence-corrected chi connectivity index (χ4v) is 0.984. The van der Waals surface area contributed by atoms with Gasteiger partial charge in [-0.05, 0) is 17.2 Å². The van der Waals surface area contributed by atoms with E-state index in [0.29, 0.717) is 0 Å². The average Bonchev–Trinajstić information content (AvgIpc) is 2.17. The maximum absolute atomic E-state index is 12.8. The molecule has 0 N–H and O–H groups in total. The molecule has 0 aliphatic rings. The van der Waals surface area contributed by atoms with E-state index in [2.05, 4.69) is 6.58 Å². The first-order valence-corrected chi connectivity index (χ1v) is 3.96. The van der Waals surface area contributed by atoms with Crippen molar-refractivity contribution in [3.63, 3.8) is 0 Å². The summed E-state index contributed by atoms with van der Waals surface area (Å²) >= 11 is 4.85. The minimum atomic E-state index is -1.33. The summed E-state index contributed by atoms with van der Waals surface area (Å²) in [6, 6.07) is 6.13. The van der Waals surface area contributed by atoms with Gasteiger partial charge in [-0.25, -0.2) is 4.39 Å². The van der Waals surface area contributed by atoms with Crippen molar-refractivity contribution in [1.29, 1.82) is 0 Å². The summed E-state index contributed by atoms with van der Waals surface area (Å²) in [5.74, 6) is -1.04. The molecule has 0 spiro atoms. The molecule has 0 aromatic heterocycles. The van der Waals surface area contributed by atoms with Crippen molar-refractivity contribution in [3.8, 4) is 0 Å². The summed E-state index contributed by atoms with van der Waals surface area (Å²) in [7, 11) is 0. The van der Waals surface area contributed by atoms with Crippen LogP contribution in [0.3, 0.4) is 0 Å². The molecule has 3 heteroatoms. The first-order chi connectivity index (χ1) is 6.15. The van der Waals surface area contributed by atoms with Crippen LogP contribution in [0.1, 0.15) is 11.1 Å². The minimum Gasteiger partial charge on any atom is -0.202 e. The Morgan fingerprint density at radius 1 is 1.23 bits per heavy atom. The highest BCUT2D eigenvalue weighted by Crippen LogP contribution is 2.23. The van der Waals surface area contributed by atoms with Crippen LogP contribution in [-0.4, -0.2) is 0 Å². The van der Waals surface area contributed by atoms with E-state index in [1.165, 1.54) is 12.1 Å². The molecule has 0 bridgehead atoms. The van der Waals surface area contributed by atoms with E-state index in [9.17, 15) is 8.78 Å². The predicted octanol–water partition coefficient (Wildman–Crippen LogP) is 4.13. The van der Waals surface area contributed by atoms with Gasteiger partial charge in [0.25, 0.3) is 0 Å². The third kappa shape index (κ3) is 2.39. The number of rotatable bonds is 2. The van der Waals surface area contributed by atoms with E-state index < -0.39 is 11.1 Å². The molecule has 0 amide bonds. The fourth-order valence-electron chi connectivity index (χ4n) is 0.875. The van der Waals surface area contributed by atoms with Gasteiger partial charge < -0.3 is 0 Å². The summed E-state index contributed by atoms with van der Waals surface area (Å²) in [6.45, 7) is 3.53. The summed E-state index contributed by atoms with van der Waals surface area (Å²) in [5, 5.41) is -1.33. The van der Waals surface area contributed by atoms with Crippen LogP contribution in [0, 0.1) is 0 Å². The van der Waals surface area contributed by atoms with Crippen LogP contribution in [0.4, 0.5) is 8.78 Å². The molecule has 13 heavy (non-hydrogen) atoms. The molecule has 0 saturated heterocycles. The molecule has 0 aliphatic carbocycles. The summed E-state index contributed by atoms with van der Waals surface area (Å²) < 4.78 is 25.1. The van der Waals surface area contributed by atoms with Crippen LogP contribution in [0.5, 0.6) is 0 Å². The van der Waals surface area contributed by atoms with E-state index in [-0.39, 0.29) is 5.56 Å². The summed E-state index contributed by atoms with van der Waals surface area (Å²) in [4.78, 5) is 0. The molecule has 0 radical (unpaired) electrons. The van der Waals surface area contributed by atoms with E-state index in [1.807, 2.05) is 0 Å². The Morgan fingerprint density at radius 3 is 2.15 bits per heavy atom. The van der Waals surface area contributed by atoms with Crippen LogP contribution >= 0.6 is 11.6 Å². The Labute approximate surface area is 80.1 Å². The van der Waals surface area contributed by atoms with Gasteiger partial charge in [0.05, 0.1) is 0 Å². The van der Waals surface area contributed by atoms with Gasteiger partial charge in [0.15, 0.2) is 5.83 Å². The maximum atomic E-state index is 12.8. The number of halogens is 3. The van der Waals surface area contributed by atoms with Crippen molar-refractivity contribution < 1.29 is 8.78 Å². The Kier molecular flexibility index (Phi) is 3.20. The van der Waals surface area contributed by atoms with E-state index in [1.54, 1.807) is 18.2 Å². The number of hydrogen-bond acceptors (Lipinski definition) is 0. The Bertz CT molecular complexity index is 334. The molecular weight excluding hydrogens is 194 g/mol. The second-order valence-corrected chi connectivity index (χ2v) is 2.73. The van der Waals surface area contributed by atoms with Gasteiger partial charge in [-0.2, -0.15) is 4.39 Å². The second kappa shape index (κ2) is 4.19. The molecule has 0 aliphatic heterocycles. The minimum absolute atomic E-state index is 0.123. The molecule has 1 rings (SSSR count). The van der Waals surface area contributed by atoms with Crippen LogP contribution < -0.4 is 0 Å². The molecule has 0 fully saturated rings. The topological polar surface area (TPSA) is 0 Å². The normalized spacial score (nSPS) is 12.2. The number of benzene rings is 1. The highest BCUT2D eigenvalue weighted by Gasteiger charge is 2.05. The standard InChI is InChI=1S/C10H7ClF2/c1-2-7-3-5-8(6-4-7)9(12)10(11)13/h2-6H,1H2. The quantitative estimate of drug-likeness (QED) is 0.673. The van der Waals surface area contributed by atoms with E-state index in [0.717, 1.165) is 5.56 Å². The van der Waals surface area contributed by atoms with E-state index in [4.69, 9.17) is 11.6 Å². The summed E-state index contributed by atoms with van der Waals surface area (Å²) in [5.41, 5.74) is 0.963. The second-order valence-electron chi connectivity index (χ2n) is 2.40. The van der Waals surface area contributed by atoms with Gasteiger partial charge >= 0.3 is 0 Å². The third-order valence-electron chi connectivity index (χ3n) is 1.57. The fraction of sp³-hybridized carbons (Fsp3) is 0. The molecule has 1 aromatic rings. The van der Waals surface area contributed by atoms with Crippen molar-refractivity contribution in [2.45, 2.75) is 0 Å². The smallest absolute Gasteiger partial charge is 0.202 e. The monoisotopic (exact) mass is 200 g/mol. The van der Waals surface area contributed by atoms with Crippen molar-refractivity contribution in [1.82, 2.24) is 0 Å².